The van der Waals surface area contributed by atoms with Crippen LogP contribution >= 0.6 is 23.1 Å². The second-order valence-electron chi connectivity index (χ2n) is 7.33. The zero-order valence-corrected chi connectivity index (χ0v) is 19.0. The van der Waals surface area contributed by atoms with Crippen molar-refractivity contribution in [3.63, 3.8) is 0 Å². The molecule has 1 aromatic carbocycles. The monoisotopic (exact) mass is 453 g/mol. The van der Waals surface area contributed by atoms with Crippen LogP contribution < -0.4 is 5.32 Å². The molecule has 1 aliphatic carbocycles. The quantitative estimate of drug-likeness (QED) is 0.331. The van der Waals surface area contributed by atoms with Crippen LogP contribution in [0.3, 0.4) is 0 Å². The molecular formula is C23H23N3O3S2. The Morgan fingerprint density at radius 1 is 1.19 bits per heavy atom. The standard InChI is InChI=1S/C23H23N3O3S2/c1-14(30-23-24-11-6-12-25-23)20(27)26-21-19(22(28)29-2)17-10-9-16(13-18(17)31-21)15-7-4-3-5-8-15/h3-8,11-12,14,16H,9-10,13H2,1-2H3,(H,26,27). The molecule has 3 aromatic rings. The Morgan fingerprint density at radius 2 is 1.94 bits per heavy atom. The number of anilines is 1. The molecule has 1 N–H and O–H groups in total. The highest BCUT2D eigenvalue weighted by molar-refractivity contribution is 8.00. The minimum atomic E-state index is -0.413. The van der Waals surface area contributed by atoms with E-state index in [1.54, 1.807) is 25.4 Å². The van der Waals surface area contributed by atoms with Crippen molar-refractivity contribution < 1.29 is 14.3 Å². The molecule has 8 heteroatoms. The number of benzene rings is 1. The molecule has 2 aromatic heterocycles. The fourth-order valence-electron chi connectivity index (χ4n) is 3.77. The third-order valence-electron chi connectivity index (χ3n) is 5.36. The van der Waals surface area contributed by atoms with Gasteiger partial charge in [-0.05, 0) is 49.3 Å². The third kappa shape index (κ3) is 4.80. The van der Waals surface area contributed by atoms with Crippen molar-refractivity contribution in [2.24, 2.45) is 0 Å². The van der Waals surface area contributed by atoms with Crippen molar-refractivity contribution in [3.8, 4) is 0 Å². The molecule has 31 heavy (non-hydrogen) atoms. The van der Waals surface area contributed by atoms with Gasteiger partial charge in [-0.15, -0.1) is 11.3 Å². The number of thiophene rings is 1. The maximum Gasteiger partial charge on any atom is 0.341 e. The largest absolute Gasteiger partial charge is 0.465 e. The fourth-order valence-corrected chi connectivity index (χ4v) is 5.82. The first-order valence-electron chi connectivity index (χ1n) is 10.1. The Morgan fingerprint density at radius 3 is 2.65 bits per heavy atom. The highest BCUT2D eigenvalue weighted by Crippen LogP contribution is 2.43. The highest BCUT2D eigenvalue weighted by atomic mass is 32.2. The van der Waals surface area contributed by atoms with Crippen LogP contribution in [0.4, 0.5) is 5.00 Å². The van der Waals surface area contributed by atoms with Crippen LogP contribution in [0.15, 0.2) is 53.9 Å². The first kappa shape index (κ1) is 21.5. The summed E-state index contributed by atoms with van der Waals surface area (Å²) in [5.41, 5.74) is 2.81. The average molecular weight is 454 g/mol. The summed E-state index contributed by atoms with van der Waals surface area (Å²) in [5.74, 6) is -0.190. The zero-order valence-electron chi connectivity index (χ0n) is 17.3. The van der Waals surface area contributed by atoms with Crippen LogP contribution in [0.5, 0.6) is 0 Å². The lowest BCUT2D eigenvalue weighted by molar-refractivity contribution is -0.115. The average Bonchev–Trinajstić information content (AvgIpc) is 3.16. The van der Waals surface area contributed by atoms with Gasteiger partial charge in [0, 0.05) is 17.3 Å². The number of nitrogens with zero attached hydrogens (tertiary/aromatic N) is 2. The van der Waals surface area contributed by atoms with E-state index < -0.39 is 11.2 Å². The number of rotatable bonds is 6. The predicted octanol–water partition coefficient (Wildman–Crippen LogP) is 4.72. The van der Waals surface area contributed by atoms with Gasteiger partial charge in [0.25, 0.3) is 0 Å². The van der Waals surface area contributed by atoms with E-state index >= 15 is 0 Å². The van der Waals surface area contributed by atoms with E-state index in [0.717, 1.165) is 29.7 Å². The van der Waals surface area contributed by atoms with Crippen LogP contribution in [0, 0.1) is 0 Å². The van der Waals surface area contributed by atoms with Crippen LogP contribution in [-0.2, 0) is 22.4 Å². The first-order valence-corrected chi connectivity index (χ1v) is 11.8. The normalized spacial score (nSPS) is 16.3. The van der Waals surface area contributed by atoms with Crippen molar-refractivity contribution in [3.05, 3.63) is 70.4 Å². The summed E-state index contributed by atoms with van der Waals surface area (Å²) < 4.78 is 5.04. The van der Waals surface area contributed by atoms with Crippen LogP contribution in [0.1, 0.15) is 45.6 Å². The number of thioether (sulfide) groups is 1. The van der Waals surface area contributed by atoms with Gasteiger partial charge in [0.1, 0.15) is 5.00 Å². The fraction of sp³-hybridized carbons (Fsp3) is 0.304. The molecule has 0 bridgehead atoms. The number of carbonyl (C=O) groups is 2. The van der Waals surface area contributed by atoms with Crippen molar-refractivity contribution >= 4 is 40.0 Å². The summed E-state index contributed by atoms with van der Waals surface area (Å²) in [7, 11) is 1.37. The van der Waals surface area contributed by atoms with Gasteiger partial charge in [-0.1, -0.05) is 42.1 Å². The molecule has 1 amide bonds. The van der Waals surface area contributed by atoms with E-state index in [0.29, 0.717) is 21.6 Å². The number of esters is 1. The van der Waals surface area contributed by atoms with E-state index in [2.05, 4.69) is 39.6 Å². The van der Waals surface area contributed by atoms with Gasteiger partial charge in [0.15, 0.2) is 5.16 Å². The molecule has 4 rings (SSSR count). The molecule has 1 aliphatic rings. The molecule has 0 saturated heterocycles. The molecule has 0 saturated carbocycles. The smallest absolute Gasteiger partial charge is 0.341 e. The van der Waals surface area contributed by atoms with Crippen LogP contribution in [0.2, 0.25) is 0 Å². The van der Waals surface area contributed by atoms with E-state index in [1.165, 1.54) is 35.8 Å². The summed E-state index contributed by atoms with van der Waals surface area (Å²) in [4.78, 5) is 34.9. The molecule has 0 fully saturated rings. The van der Waals surface area contributed by atoms with Gasteiger partial charge in [-0.2, -0.15) is 0 Å². The highest BCUT2D eigenvalue weighted by Gasteiger charge is 2.31. The second kappa shape index (κ2) is 9.62. The SMILES string of the molecule is COC(=O)c1c(NC(=O)C(C)Sc2ncccn2)sc2c1CCC(c1ccccc1)C2. The van der Waals surface area contributed by atoms with Gasteiger partial charge in [0.2, 0.25) is 5.91 Å². The van der Waals surface area contributed by atoms with Crippen LogP contribution in [0.25, 0.3) is 0 Å². The predicted molar refractivity (Wildman–Crippen MR) is 123 cm³/mol. The Balaban J connectivity index is 1.56. The van der Waals surface area contributed by atoms with Crippen molar-refractivity contribution in [2.45, 2.75) is 42.5 Å². The Hall–Kier alpha value is -2.71. The summed E-state index contributed by atoms with van der Waals surface area (Å²) in [5, 5.41) is 3.65. The van der Waals surface area contributed by atoms with Gasteiger partial charge >= 0.3 is 5.97 Å². The lowest BCUT2D eigenvalue weighted by atomic mass is 9.83. The van der Waals surface area contributed by atoms with Gasteiger partial charge in [-0.25, -0.2) is 14.8 Å². The molecule has 160 valence electrons. The third-order valence-corrected chi connectivity index (χ3v) is 7.52. The maximum atomic E-state index is 12.8. The van der Waals surface area contributed by atoms with Gasteiger partial charge in [0.05, 0.1) is 17.9 Å². The minimum absolute atomic E-state index is 0.194. The number of ether oxygens (including phenoxy) is 1. The zero-order chi connectivity index (χ0) is 21.8. The van der Waals surface area contributed by atoms with E-state index in [4.69, 9.17) is 4.74 Å². The molecule has 0 spiro atoms. The number of hydrogen-bond acceptors (Lipinski definition) is 7. The van der Waals surface area contributed by atoms with Crippen LogP contribution in [-0.4, -0.2) is 34.2 Å². The summed E-state index contributed by atoms with van der Waals surface area (Å²) in [6.45, 7) is 1.80. The summed E-state index contributed by atoms with van der Waals surface area (Å²) in [6.07, 6.45) is 5.89. The molecule has 0 aliphatic heterocycles. The Labute approximate surface area is 189 Å². The Kier molecular flexibility index (Phi) is 6.67. The number of amides is 1. The molecule has 6 nitrogen and oxygen atoms in total. The van der Waals surface area contributed by atoms with Gasteiger partial charge in [-0.3, -0.25) is 4.79 Å². The molecule has 0 radical (unpaired) electrons. The van der Waals surface area contributed by atoms with E-state index in [-0.39, 0.29) is 5.91 Å². The lowest BCUT2D eigenvalue weighted by Gasteiger charge is -2.22. The maximum absolute atomic E-state index is 12.8. The number of methoxy groups -OCH3 is 1. The van der Waals surface area contributed by atoms with E-state index in [1.807, 2.05) is 6.07 Å². The van der Waals surface area contributed by atoms with Crippen molar-refractivity contribution in [2.75, 3.05) is 12.4 Å². The number of nitrogens with one attached hydrogen (secondary N) is 1. The summed E-state index contributed by atoms with van der Waals surface area (Å²) >= 11 is 2.76. The molecule has 2 atom stereocenters. The molecule has 2 unspecified atom stereocenters. The first-order chi connectivity index (χ1) is 15.1. The minimum Gasteiger partial charge on any atom is -0.465 e. The van der Waals surface area contributed by atoms with Crippen molar-refractivity contribution in [1.82, 2.24) is 9.97 Å². The lowest BCUT2D eigenvalue weighted by Crippen LogP contribution is -2.23. The number of carbonyl (C=O) groups excluding carboxylic acids is 2. The summed E-state index contributed by atoms with van der Waals surface area (Å²) in [6, 6.07) is 12.2. The molecule has 2 heterocycles. The number of hydrogen-bond donors (Lipinski definition) is 1. The molecular weight excluding hydrogens is 430 g/mol. The Bertz CT molecular complexity index is 1070. The topological polar surface area (TPSA) is 81.2 Å². The second-order valence-corrected chi connectivity index (χ2v) is 9.74. The number of fused-ring (bicyclic) bond motifs is 1. The van der Waals surface area contributed by atoms with Crippen molar-refractivity contribution in [1.29, 1.82) is 0 Å². The van der Waals surface area contributed by atoms with E-state index in [9.17, 15) is 9.59 Å². The van der Waals surface area contributed by atoms with Gasteiger partial charge < -0.3 is 10.1 Å². The number of aromatic nitrogens is 2.